The highest BCUT2D eigenvalue weighted by molar-refractivity contribution is 6.07. The molecule has 5 rings (SSSR count). The van der Waals surface area contributed by atoms with Crippen LogP contribution in [0.3, 0.4) is 0 Å². The minimum absolute atomic E-state index is 0.150. The highest BCUT2D eigenvalue weighted by atomic mass is 16.5. The first-order valence-corrected chi connectivity index (χ1v) is 11.4. The van der Waals surface area contributed by atoms with Crippen LogP contribution in [0.4, 0.5) is 0 Å². The summed E-state index contributed by atoms with van der Waals surface area (Å²) in [7, 11) is 1.55. The van der Waals surface area contributed by atoms with Crippen molar-refractivity contribution in [2.24, 2.45) is 5.10 Å². The molecule has 4 aromatic rings. The minimum atomic E-state index is -0.562. The van der Waals surface area contributed by atoms with Crippen LogP contribution in [0, 0.1) is 6.92 Å². The topological polar surface area (TPSA) is 90.1 Å². The Morgan fingerprint density at radius 2 is 1.80 bits per heavy atom. The maximum absolute atomic E-state index is 13.1. The fourth-order valence-electron chi connectivity index (χ4n) is 4.35. The van der Waals surface area contributed by atoms with Gasteiger partial charge in [0.05, 0.1) is 12.8 Å². The predicted octanol–water partition coefficient (Wildman–Crippen LogP) is 5.44. The standard InChI is InChI=1S/C28H24N2O5/c1-17-25-22(29-30-27(31)19-10-5-11-20(16-19)33-2)13-7-15-24(25)34-26(17)28(32)35-23-14-6-9-18-8-3-4-12-21(18)23/h3-6,8-12,14,16H,7,13,15H2,1-2H3,(H,30,31)/b29-22+. The van der Waals surface area contributed by atoms with Crippen molar-refractivity contribution >= 4 is 28.4 Å². The van der Waals surface area contributed by atoms with Crippen LogP contribution < -0.4 is 14.9 Å². The quantitative estimate of drug-likeness (QED) is 0.239. The Bertz CT molecular complexity index is 1460. The Balaban J connectivity index is 1.40. The second-order valence-corrected chi connectivity index (χ2v) is 8.31. The molecule has 0 fully saturated rings. The lowest BCUT2D eigenvalue weighted by Crippen LogP contribution is -2.22. The van der Waals surface area contributed by atoms with E-state index in [2.05, 4.69) is 10.5 Å². The molecular formula is C28H24N2O5. The van der Waals surface area contributed by atoms with Crippen LogP contribution in [0.5, 0.6) is 11.5 Å². The molecule has 3 aromatic carbocycles. The highest BCUT2D eigenvalue weighted by Gasteiger charge is 2.29. The number of hydrogen-bond acceptors (Lipinski definition) is 6. The lowest BCUT2D eigenvalue weighted by Gasteiger charge is -2.13. The maximum atomic E-state index is 13.1. The number of esters is 1. The average Bonchev–Trinajstić information content (AvgIpc) is 3.24. The number of hydrogen-bond donors (Lipinski definition) is 1. The van der Waals surface area contributed by atoms with E-state index in [0.29, 0.717) is 46.9 Å². The number of hydrazone groups is 1. The summed E-state index contributed by atoms with van der Waals surface area (Å²) in [6, 6.07) is 20.1. The first kappa shape index (κ1) is 22.4. The van der Waals surface area contributed by atoms with E-state index in [-0.39, 0.29) is 11.7 Å². The van der Waals surface area contributed by atoms with E-state index in [0.717, 1.165) is 22.8 Å². The van der Waals surface area contributed by atoms with Gasteiger partial charge in [-0.25, -0.2) is 10.2 Å². The van der Waals surface area contributed by atoms with Crippen molar-refractivity contribution in [2.45, 2.75) is 26.2 Å². The number of nitrogens with zero attached hydrogens (tertiary/aromatic N) is 1. The maximum Gasteiger partial charge on any atom is 0.379 e. The molecule has 35 heavy (non-hydrogen) atoms. The molecule has 0 aliphatic heterocycles. The van der Waals surface area contributed by atoms with E-state index < -0.39 is 5.97 Å². The number of nitrogens with one attached hydrogen (secondary N) is 1. The number of aryl methyl sites for hydroxylation is 1. The Hall–Kier alpha value is -4.39. The summed E-state index contributed by atoms with van der Waals surface area (Å²) in [6.45, 7) is 1.81. The molecule has 0 saturated heterocycles. The molecule has 1 N–H and O–H groups in total. The zero-order chi connectivity index (χ0) is 24.4. The lowest BCUT2D eigenvalue weighted by molar-refractivity contribution is 0.0700. The Morgan fingerprint density at radius 3 is 2.66 bits per heavy atom. The molecule has 0 spiro atoms. The van der Waals surface area contributed by atoms with E-state index in [1.807, 2.05) is 43.3 Å². The van der Waals surface area contributed by atoms with E-state index in [1.54, 1.807) is 37.4 Å². The number of fused-ring (bicyclic) bond motifs is 2. The average molecular weight is 469 g/mol. The molecule has 1 aliphatic rings. The van der Waals surface area contributed by atoms with Crippen LogP contribution in [0.25, 0.3) is 10.8 Å². The van der Waals surface area contributed by atoms with Gasteiger partial charge in [-0.1, -0.05) is 42.5 Å². The molecule has 1 heterocycles. The van der Waals surface area contributed by atoms with E-state index >= 15 is 0 Å². The van der Waals surface area contributed by atoms with E-state index in [9.17, 15) is 9.59 Å². The van der Waals surface area contributed by atoms with Crippen molar-refractivity contribution in [3.05, 3.63) is 94.9 Å². The van der Waals surface area contributed by atoms with Gasteiger partial charge in [-0.15, -0.1) is 0 Å². The van der Waals surface area contributed by atoms with Gasteiger partial charge in [0, 0.05) is 28.5 Å². The fourth-order valence-corrected chi connectivity index (χ4v) is 4.35. The Labute approximate surface area is 202 Å². The molecule has 0 bridgehead atoms. The lowest BCUT2D eigenvalue weighted by atomic mass is 9.93. The largest absolute Gasteiger partial charge is 0.497 e. The molecule has 1 amide bonds. The first-order valence-electron chi connectivity index (χ1n) is 11.4. The van der Waals surface area contributed by atoms with Crippen molar-refractivity contribution < 1.29 is 23.5 Å². The van der Waals surface area contributed by atoms with Gasteiger partial charge in [0.1, 0.15) is 17.3 Å². The van der Waals surface area contributed by atoms with Crippen molar-refractivity contribution in [1.29, 1.82) is 0 Å². The summed E-state index contributed by atoms with van der Waals surface area (Å²) in [5.41, 5.74) is 5.14. The number of furan rings is 1. The van der Waals surface area contributed by atoms with Crippen LogP contribution in [-0.2, 0) is 6.42 Å². The van der Waals surface area contributed by atoms with Crippen molar-refractivity contribution in [2.75, 3.05) is 7.11 Å². The van der Waals surface area contributed by atoms with Crippen molar-refractivity contribution in [1.82, 2.24) is 5.43 Å². The van der Waals surface area contributed by atoms with Gasteiger partial charge in [0.25, 0.3) is 5.91 Å². The number of ether oxygens (including phenoxy) is 2. The van der Waals surface area contributed by atoms with Crippen LogP contribution in [0.15, 0.2) is 76.2 Å². The van der Waals surface area contributed by atoms with E-state index in [1.165, 1.54) is 0 Å². The normalized spacial score (nSPS) is 13.9. The number of amides is 1. The molecule has 7 heteroatoms. The number of carbonyl (C=O) groups is 2. The van der Waals surface area contributed by atoms with Gasteiger partial charge in [-0.2, -0.15) is 5.10 Å². The third kappa shape index (κ3) is 4.40. The number of carbonyl (C=O) groups excluding carboxylic acids is 2. The van der Waals surface area contributed by atoms with Crippen LogP contribution in [0.1, 0.15) is 50.6 Å². The predicted molar refractivity (Wildman–Crippen MR) is 132 cm³/mol. The van der Waals surface area contributed by atoms with Gasteiger partial charge < -0.3 is 13.9 Å². The summed E-state index contributed by atoms with van der Waals surface area (Å²) < 4.78 is 16.9. The van der Waals surface area contributed by atoms with Crippen molar-refractivity contribution in [3.8, 4) is 11.5 Å². The second kappa shape index (κ2) is 9.46. The zero-order valence-electron chi connectivity index (χ0n) is 19.5. The molecule has 1 aliphatic carbocycles. The summed E-state index contributed by atoms with van der Waals surface area (Å²) in [4.78, 5) is 25.7. The Morgan fingerprint density at radius 1 is 1.00 bits per heavy atom. The molecule has 0 saturated carbocycles. The van der Waals surface area contributed by atoms with Crippen LogP contribution in [-0.4, -0.2) is 24.7 Å². The summed E-state index contributed by atoms with van der Waals surface area (Å²) >= 11 is 0. The highest BCUT2D eigenvalue weighted by Crippen LogP contribution is 2.32. The van der Waals surface area contributed by atoms with Gasteiger partial charge in [0.15, 0.2) is 0 Å². The van der Waals surface area contributed by atoms with Gasteiger partial charge in [-0.05, 0) is 49.4 Å². The molecule has 0 unspecified atom stereocenters. The zero-order valence-corrected chi connectivity index (χ0v) is 19.5. The molecule has 176 valence electrons. The minimum Gasteiger partial charge on any atom is -0.497 e. The molecule has 0 radical (unpaired) electrons. The third-order valence-corrected chi connectivity index (χ3v) is 6.09. The number of benzene rings is 3. The number of methoxy groups -OCH3 is 1. The summed E-state index contributed by atoms with van der Waals surface area (Å²) in [6.07, 6.45) is 2.13. The fraction of sp³-hybridized carbons (Fsp3) is 0.179. The summed E-state index contributed by atoms with van der Waals surface area (Å²) in [5.74, 6) is 0.976. The monoisotopic (exact) mass is 468 g/mol. The van der Waals surface area contributed by atoms with Crippen LogP contribution in [0.2, 0.25) is 0 Å². The molecular weight excluding hydrogens is 444 g/mol. The molecule has 0 atom stereocenters. The first-order chi connectivity index (χ1) is 17.0. The van der Waals surface area contributed by atoms with Gasteiger partial charge in [-0.3, -0.25) is 4.79 Å². The van der Waals surface area contributed by atoms with E-state index in [4.69, 9.17) is 13.9 Å². The SMILES string of the molecule is COc1cccc(C(=O)N/N=C2\CCCc3oc(C(=O)Oc4cccc5ccccc45)c(C)c32)c1. The second-order valence-electron chi connectivity index (χ2n) is 8.31. The smallest absolute Gasteiger partial charge is 0.379 e. The summed E-state index contributed by atoms with van der Waals surface area (Å²) in [5, 5.41) is 6.21. The Kier molecular flexibility index (Phi) is 6.06. The van der Waals surface area contributed by atoms with Crippen LogP contribution >= 0.6 is 0 Å². The van der Waals surface area contributed by atoms with Gasteiger partial charge in [0.2, 0.25) is 5.76 Å². The van der Waals surface area contributed by atoms with Crippen molar-refractivity contribution in [3.63, 3.8) is 0 Å². The number of rotatable bonds is 5. The van der Waals surface area contributed by atoms with Gasteiger partial charge >= 0.3 is 5.97 Å². The molecule has 7 nitrogen and oxygen atoms in total. The third-order valence-electron chi connectivity index (χ3n) is 6.09. The molecule has 1 aromatic heterocycles.